The zero-order valence-electron chi connectivity index (χ0n) is 19.8. The smallest absolute Gasteiger partial charge is 0.324 e. The van der Waals surface area contributed by atoms with E-state index in [4.69, 9.17) is 27.5 Å². The predicted octanol–water partition coefficient (Wildman–Crippen LogP) is 4.04. The van der Waals surface area contributed by atoms with E-state index in [-0.39, 0.29) is 17.8 Å². The highest BCUT2D eigenvalue weighted by Crippen LogP contribution is 2.27. The number of nitrogens with two attached hydrogens (primary N) is 1. The quantitative estimate of drug-likeness (QED) is 0.438. The first-order chi connectivity index (χ1) is 16.4. The SMILES string of the molecule is COCC1CN(CC2CCN(Cc3cccc(Cl)c3)CC2)C(=O)N(c2cccc(C(=N)N)c2)C1. The summed E-state index contributed by atoms with van der Waals surface area (Å²) in [6.45, 7) is 5.61. The van der Waals surface area contributed by atoms with Crippen molar-refractivity contribution in [2.24, 2.45) is 17.6 Å². The van der Waals surface area contributed by atoms with E-state index in [1.165, 1.54) is 5.56 Å². The molecule has 34 heavy (non-hydrogen) atoms. The molecule has 2 aromatic carbocycles. The van der Waals surface area contributed by atoms with Crippen LogP contribution in [0.2, 0.25) is 5.02 Å². The lowest BCUT2D eigenvalue weighted by molar-refractivity contribution is 0.0986. The van der Waals surface area contributed by atoms with Crippen LogP contribution in [-0.4, -0.2) is 68.1 Å². The number of methoxy groups -OCH3 is 1. The Morgan fingerprint density at radius 3 is 2.59 bits per heavy atom. The molecule has 0 aliphatic carbocycles. The van der Waals surface area contributed by atoms with Crippen LogP contribution in [0, 0.1) is 17.2 Å². The Kier molecular flexibility index (Phi) is 8.08. The lowest BCUT2D eigenvalue weighted by Gasteiger charge is -2.42. The van der Waals surface area contributed by atoms with Crippen molar-refractivity contribution in [1.29, 1.82) is 5.41 Å². The minimum absolute atomic E-state index is 0.00106. The maximum atomic E-state index is 13.5. The number of nitrogen functional groups attached to an aromatic ring is 1. The number of carbonyl (C=O) groups excluding carboxylic acids is 1. The van der Waals surface area contributed by atoms with E-state index in [9.17, 15) is 4.79 Å². The van der Waals surface area contributed by atoms with E-state index in [2.05, 4.69) is 11.0 Å². The molecule has 0 saturated carbocycles. The molecule has 2 aliphatic heterocycles. The van der Waals surface area contributed by atoms with E-state index >= 15 is 0 Å². The zero-order chi connectivity index (χ0) is 24.1. The van der Waals surface area contributed by atoms with E-state index in [0.717, 1.165) is 49.7 Å². The summed E-state index contributed by atoms with van der Waals surface area (Å²) >= 11 is 6.14. The van der Waals surface area contributed by atoms with Gasteiger partial charge in [0.15, 0.2) is 0 Å². The summed E-state index contributed by atoms with van der Waals surface area (Å²) in [4.78, 5) is 19.7. The normalized spacial score (nSPS) is 20.1. The summed E-state index contributed by atoms with van der Waals surface area (Å²) in [5.74, 6) is 0.707. The molecule has 2 heterocycles. The molecule has 3 N–H and O–H groups in total. The Labute approximate surface area is 206 Å². The second-order valence-corrected chi connectivity index (χ2v) is 9.87. The van der Waals surface area contributed by atoms with Gasteiger partial charge in [-0.15, -0.1) is 0 Å². The average molecular weight is 484 g/mol. The number of hydrogen-bond acceptors (Lipinski definition) is 4. The third-order valence-corrected chi connectivity index (χ3v) is 7.01. The van der Waals surface area contributed by atoms with Crippen LogP contribution in [0.4, 0.5) is 10.5 Å². The molecule has 0 bridgehead atoms. The van der Waals surface area contributed by atoms with Crippen molar-refractivity contribution in [3.63, 3.8) is 0 Å². The summed E-state index contributed by atoms with van der Waals surface area (Å²) in [5, 5.41) is 8.52. The van der Waals surface area contributed by atoms with Crippen molar-refractivity contribution in [3.8, 4) is 0 Å². The number of ether oxygens (including phenoxy) is 1. The first-order valence-corrected chi connectivity index (χ1v) is 12.3. The number of halogens is 1. The Morgan fingerprint density at radius 2 is 1.88 bits per heavy atom. The van der Waals surface area contributed by atoms with Crippen LogP contribution in [-0.2, 0) is 11.3 Å². The molecule has 7 nitrogen and oxygen atoms in total. The number of piperidine rings is 1. The Balaban J connectivity index is 1.39. The largest absolute Gasteiger partial charge is 0.384 e. The number of amides is 2. The van der Waals surface area contributed by atoms with Crippen molar-refractivity contribution >= 4 is 29.2 Å². The fraction of sp³-hybridized carbons (Fsp3) is 0.462. The lowest BCUT2D eigenvalue weighted by atomic mass is 9.94. The number of anilines is 1. The lowest BCUT2D eigenvalue weighted by Crippen LogP contribution is -2.56. The molecule has 1 unspecified atom stereocenters. The molecule has 0 radical (unpaired) electrons. The van der Waals surface area contributed by atoms with E-state index in [1.807, 2.05) is 46.2 Å². The third kappa shape index (κ3) is 6.09. The summed E-state index contributed by atoms with van der Waals surface area (Å²) in [6.07, 6.45) is 2.14. The molecule has 2 aromatic rings. The molecule has 2 aliphatic rings. The van der Waals surface area contributed by atoms with Crippen molar-refractivity contribution in [1.82, 2.24) is 9.80 Å². The first kappa shape index (κ1) is 24.5. The van der Waals surface area contributed by atoms with Crippen molar-refractivity contribution in [2.45, 2.75) is 19.4 Å². The maximum Gasteiger partial charge on any atom is 0.324 e. The molecule has 1 atom stereocenters. The first-order valence-electron chi connectivity index (χ1n) is 11.9. The number of urea groups is 1. The van der Waals surface area contributed by atoms with Gasteiger partial charge in [-0.05, 0) is 61.7 Å². The van der Waals surface area contributed by atoms with Gasteiger partial charge in [-0.3, -0.25) is 15.2 Å². The van der Waals surface area contributed by atoms with Crippen LogP contribution in [0.5, 0.6) is 0 Å². The number of rotatable bonds is 8. The van der Waals surface area contributed by atoms with Crippen LogP contribution in [0.3, 0.4) is 0 Å². The summed E-state index contributed by atoms with van der Waals surface area (Å²) in [5.41, 5.74) is 8.32. The van der Waals surface area contributed by atoms with Crippen LogP contribution < -0.4 is 10.6 Å². The van der Waals surface area contributed by atoms with Crippen molar-refractivity contribution in [3.05, 3.63) is 64.7 Å². The number of amidine groups is 1. The van der Waals surface area contributed by atoms with Gasteiger partial charge < -0.3 is 15.4 Å². The molecule has 8 heteroatoms. The van der Waals surface area contributed by atoms with Gasteiger partial charge in [0.2, 0.25) is 0 Å². The maximum absolute atomic E-state index is 13.5. The van der Waals surface area contributed by atoms with Crippen molar-refractivity contribution in [2.75, 3.05) is 51.3 Å². The molecule has 2 amide bonds. The molecule has 2 fully saturated rings. The highest BCUT2D eigenvalue weighted by Gasteiger charge is 2.34. The molecule has 0 spiro atoms. The number of benzene rings is 2. The molecular formula is C26H34ClN5O2. The Bertz CT molecular complexity index is 1010. The Hall–Kier alpha value is -2.61. The van der Waals surface area contributed by atoms with Crippen LogP contribution in [0.25, 0.3) is 0 Å². The minimum atomic E-state index is 0.00106. The van der Waals surface area contributed by atoms with E-state index in [0.29, 0.717) is 31.2 Å². The number of carbonyl (C=O) groups is 1. The highest BCUT2D eigenvalue weighted by atomic mass is 35.5. The molecule has 2 saturated heterocycles. The van der Waals surface area contributed by atoms with Crippen LogP contribution >= 0.6 is 11.6 Å². The summed E-state index contributed by atoms with van der Waals surface area (Å²) in [7, 11) is 1.71. The fourth-order valence-electron chi connectivity index (χ4n) is 5.04. The number of nitrogens with zero attached hydrogens (tertiary/aromatic N) is 3. The van der Waals surface area contributed by atoms with Crippen molar-refractivity contribution < 1.29 is 9.53 Å². The average Bonchev–Trinajstić information content (AvgIpc) is 2.82. The van der Waals surface area contributed by atoms with Gasteiger partial charge in [0, 0.05) is 55.5 Å². The van der Waals surface area contributed by atoms with Gasteiger partial charge >= 0.3 is 6.03 Å². The third-order valence-electron chi connectivity index (χ3n) is 6.77. The van der Waals surface area contributed by atoms with Gasteiger partial charge in [0.1, 0.15) is 5.84 Å². The van der Waals surface area contributed by atoms with E-state index < -0.39 is 0 Å². The minimum Gasteiger partial charge on any atom is -0.384 e. The standard InChI is InChI=1S/C26H34ClN5O2/c1-34-18-21-16-31(26(33)32(17-21)24-7-3-5-22(13-24)25(28)29)15-19-8-10-30(11-9-19)14-20-4-2-6-23(27)12-20/h2-7,12-13,19,21H,8-11,14-18H2,1H3,(H3,28,29). The summed E-state index contributed by atoms with van der Waals surface area (Å²) in [6, 6.07) is 15.5. The van der Waals surface area contributed by atoms with Gasteiger partial charge in [0.25, 0.3) is 0 Å². The predicted molar refractivity (Wildman–Crippen MR) is 137 cm³/mol. The number of nitrogens with one attached hydrogen (secondary N) is 1. The fourth-order valence-corrected chi connectivity index (χ4v) is 5.25. The van der Waals surface area contributed by atoms with Gasteiger partial charge in [-0.1, -0.05) is 35.9 Å². The zero-order valence-corrected chi connectivity index (χ0v) is 20.5. The van der Waals surface area contributed by atoms with Crippen LogP contribution in [0.1, 0.15) is 24.0 Å². The van der Waals surface area contributed by atoms with Gasteiger partial charge in [-0.2, -0.15) is 0 Å². The summed E-state index contributed by atoms with van der Waals surface area (Å²) < 4.78 is 5.45. The Morgan fingerprint density at radius 1 is 1.12 bits per heavy atom. The second-order valence-electron chi connectivity index (χ2n) is 9.43. The monoisotopic (exact) mass is 483 g/mol. The topological polar surface area (TPSA) is 85.9 Å². The van der Waals surface area contributed by atoms with Gasteiger partial charge in [0.05, 0.1) is 6.61 Å². The molecule has 182 valence electrons. The number of hydrogen-bond donors (Lipinski definition) is 2. The van der Waals surface area contributed by atoms with E-state index in [1.54, 1.807) is 13.2 Å². The molecular weight excluding hydrogens is 450 g/mol. The number of likely N-dealkylation sites (tertiary alicyclic amines) is 1. The highest BCUT2D eigenvalue weighted by molar-refractivity contribution is 6.30. The second kappa shape index (κ2) is 11.2. The molecule has 4 rings (SSSR count). The van der Waals surface area contributed by atoms with Crippen LogP contribution in [0.15, 0.2) is 48.5 Å². The van der Waals surface area contributed by atoms with Gasteiger partial charge in [-0.25, -0.2) is 4.79 Å². The molecule has 0 aromatic heterocycles.